The lowest BCUT2D eigenvalue weighted by molar-refractivity contribution is -0.0305. The molecule has 1 heterocycles. The minimum Gasteiger partial charge on any atom is -0.444 e. The lowest BCUT2D eigenvalue weighted by Crippen LogP contribution is -2.73. The molecule has 1 amide bonds. The molecule has 30 heavy (non-hydrogen) atoms. The Labute approximate surface area is 177 Å². The molecular formula is C23H31FN4O2. The molecule has 2 aromatic carbocycles. The standard InChI is InChI=1S/C23H31FN4O2/c1-22(2,3)30-21(29)28-14-13-26-20(27-15-17-9-7-8-12-19(17)24)23(28,16-25)18-10-5-4-6-11-18/h4-12,20,26-27H,13-16,25H2,1-3H3. The van der Waals surface area contributed by atoms with Crippen molar-refractivity contribution in [2.24, 2.45) is 5.73 Å². The normalized spacial score (nSPS) is 22.0. The number of nitrogens with one attached hydrogen (secondary N) is 2. The van der Waals surface area contributed by atoms with E-state index in [1.54, 1.807) is 23.1 Å². The van der Waals surface area contributed by atoms with Crippen molar-refractivity contribution in [2.45, 2.75) is 44.6 Å². The van der Waals surface area contributed by atoms with Crippen LogP contribution in [0, 0.1) is 5.82 Å². The molecule has 7 heteroatoms. The highest BCUT2D eigenvalue weighted by Gasteiger charge is 2.50. The molecule has 1 fully saturated rings. The van der Waals surface area contributed by atoms with Crippen LogP contribution < -0.4 is 16.4 Å². The van der Waals surface area contributed by atoms with E-state index < -0.39 is 23.4 Å². The van der Waals surface area contributed by atoms with Crippen LogP contribution in [0.4, 0.5) is 9.18 Å². The van der Waals surface area contributed by atoms with Crippen LogP contribution in [-0.4, -0.2) is 42.4 Å². The number of benzene rings is 2. The van der Waals surface area contributed by atoms with E-state index in [2.05, 4.69) is 10.6 Å². The molecule has 0 radical (unpaired) electrons. The fraction of sp³-hybridized carbons (Fsp3) is 0.435. The Balaban J connectivity index is 1.97. The fourth-order valence-corrected chi connectivity index (χ4v) is 3.91. The predicted molar refractivity (Wildman–Crippen MR) is 115 cm³/mol. The number of nitrogens with two attached hydrogens (primary N) is 1. The number of hydrogen-bond acceptors (Lipinski definition) is 5. The molecule has 162 valence electrons. The second-order valence-electron chi connectivity index (χ2n) is 8.49. The summed E-state index contributed by atoms with van der Waals surface area (Å²) in [5.41, 5.74) is 6.26. The highest BCUT2D eigenvalue weighted by molar-refractivity contribution is 5.70. The third kappa shape index (κ3) is 4.64. The monoisotopic (exact) mass is 414 g/mol. The van der Waals surface area contributed by atoms with Gasteiger partial charge in [0.25, 0.3) is 0 Å². The van der Waals surface area contributed by atoms with Gasteiger partial charge in [-0.3, -0.25) is 15.5 Å². The van der Waals surface area contributed by atoms with Crippen LogP contribution in [0.3, 0.4) is 0 Å². The third-order valence-corrected chi connectivity index (χ3v) is 5.30. The molecule has 2 aromatic rings. The van der Waals surface area contributed by atoms with Crippen LogP contribution in [-0.2, 0) is 16.8 Å². The number of halogens is 1. The number of rotatable bonds is 5. The average Bonchev–Trinajstić information content (AvgIpc) is 2.72. The summed E-state index contributed by atoms with van der Waals surface area (Å²) in [6, 6.07) is 16.3. The van der Waals surface area contributed by atoms with Gasteiger partial charge in [-0.2, -0.15) is 0 Å². The Morgan fingerprint density at radius 1 is 1.23 bits per heavy atom. The molecule has 0 bridgehead atoms. The van der Waals surface area contributed by atoms with Crippen LogP contribution in [0.5, 0.6) is 0 Å². The molecule has 0 aromatic heterocycles. The van der Waals surface area contributed by atoms with Crippen molar-refractivity contribution >= 4 is 6.09 Å². The quantitative estimate of drug-likeness (QED) is 0.701. The number of hydrogen-bond donors (Lipinski definition) is 3. The van der Waals surface area contributed by atoms with Crippen molar-refractivity contribution in [3.8, 4) is 0 Å². The van der Waals surface area contributed by atoms with E-state index in [-0.39, 0.29) is 12.4 Å². The maximum absolute atomic E-state index is 14.2. The van der Waals surface area contributed by atoms with Crippen molar-refractivity contribution in [3.63, 3.8) is 0 Å². The number of amides is 1. The third-order valence-electron chi connectivity index (χ3n) is 5.30. The van der Waals surface area contributed by atoms with Crippen molar-refractivity contribution in [1.29, 1.82) is 0 Å². The van der Waals surface area contributed by atoms with E-state index in [4.69, 9.17) is 10.5 Å². The first-order valence-electron chi connectivity index (χ1n) is 10.2. The number of carbonyl (C=O) groups excluding carboxylic acids is 1. The molecule has 1 aliphatic heterocycles. The summed E-state index contributed by atoms with van der Waals surface area (Å²) < 4.78 is 19.9. The van der Waals surface area contributed by atoms with Gasteiger partial charge >= 0.3 is 6.09 Å². The lowest BCUT2D eigenvalue weighted by atomic mass is 9.83. The molecule has 1 aliphatic rings. The van der Waals surface area contributed by atoms with Crippen LogP contribution in [0.25, 0.3) is 0 Å². The number of nitrogens with zero attached hydrogens (tertiary/aromatic N) is 1. The van der Waals surface area contributed by atoms with Gasteiger partial charge < -0.3 is 10.5 Å². The van der Waals surface area contributed by atoms with Crippen LogP contribution >= 0.6 is 0 Å². The van der Waals surface area contributed by atoms with Gasteiger partial charge in [0.15, 0.2) is 0 Å². The van der Waals surface area contributed by atoms with Crippen LogP contribution in [0.15, 0.2) is 54.6 Å². The van der Waals surface area contributed by atoms with E-state index in [1.807, 2.05) is 51.1 Å². The molecule has 0 saturated carbocycles. The lowest BCUT2D eigenvalue weighted by Gasteiger charge is -2.52. The van der Waals surface area contributed by atoms with Crippen molar-refractivity contribution in [2.75, 3.05) is 19.6 Å². The van der Waals surface area contributed by atoms with Crippen molar-refractivity contribution < 1.29 is 13.9 Å². The second-order valence-corrected chi connectivity index (χ2v) is 8.49. The van der Waals surface area contributed by atoms with Crippen molar-refractivity contribution in [3.05, 3.63) is 71.5 Å². The molecule has 1 saturated heterocycles. The first-order chi connectivity index (χ1) is 14.3. The van der Waals surface area contributed by atoms with E-state index in [9.17, 15) is 9.18 Å². The highest BCUT2D eigenvalue weighted by Crippen LogP contribution is 2.34. The van der Waals surface area contributed by atoms with Crippen LogP contribution in [0.2, 0.25) is 0 Å². The second kappa shape index (κ2) is 9.12. The van der Waals surface area contributed by atoms with Gasteiger partial charge in [0.05, 0.1) is 6.17 Å². The minimum atomic E-state index is -0.896. The predicted octanol–water partition coefficient (Wildman–Crippen LogP) is 2.94. The SMILES string of the molecule is CC(C)(C)OC(=O)N1CCNC(NCc2ccccc2F)C1(CN)c1ccccc1. The Bertz CT molecular complexity index is 856. The molecule has 0 aliphatic carbocycles. The number of ether oxygens (including phenoxy) is 1. The summed E-state index contributed by atoms with van der Waals surface area (Å²) in [5.74, 6) is -0.275. The average molecular weight is 415 g/mol. The smallest absolute Gasteiger partial charge is 0.411 e. The fourth-order valence-electron chi connectivity index (χ4n) is 3.91. The first kappa shape index (κ1) is 22.2. The van der Waals surface area contributed by atoms with Crippen molar-refractivity contribution in [1.82, 2.24) is 15.5 Å². The summed E-state index contributed by atoms with van der Waals surface area (Å²) in [7, 11) is 0. The summed E-state index contributed by atoms with van der Waals surface area (Å²) in [5, 5.41) is 6.82. The number of carbonyl (C=O) groups is 1. The van der Waals surface area contributed by atoms with E-state index in [1.165, 1.54) is 6.07 Å². The molecule has 0 spiro atoms. The molecule has 2 atom stereocenters. The zero-order valence-corrected chi connectivity index (χ0v) is 17.8. The van der Waals surface area contributed by atoms with Gasteiger partial charge in [-0.25, -0.2) is 9.18 Å². The van der Waals surface area contributed by atoms with Gasteiger partial charge in [-0.1, -0.05) is 48.5 Å². The Morgan fingerprint density at radius 3 is 2.53 bits per heavy atom. The number of piperazine rings is 1. The zero-order chi connectivity index (χ0) is 21.8. The highest BCUT2D eigenvalue weighted by atomic mass is 19.1. The van der Waals surface area contributed by atoms with Gasteiger partial charge in [0.1, 0.15) is 17.0 Å². The van der Waals surface area contributed by atoms with Crippen LogP contribution in [0.1, 0.15) is 31.9 Å². The van der Waals surface area contributed by atoms with E-state index in [0.29, 0.717) is 25.2 Å². The van der Waals surface area contributed by atoms with E-state index in [0.717, 1.165) is 5.56 Å². The molecule has 3 rings (SSSR count). The Hall–Kier alpha value is -2.48. The maximum atomic E-state index is 14.2. The first-order valence-corrected chi connectivity index (χ1v) is 10.2. The molecule has 6 nitrogen and oxygen atoms in total. The topological polar surface area (TPSA) is 79.6 Å². The summed E-state index contributed by atoms with van der Waals surface area (Å²) in [6.07, 6.45) is -0.818. The Kier molecular flexibility index (Phi) is 6.75. The zero-order valence-electron chi connectivity index (χ0n) is 17.8. The minimum absolute atomic E-state index is 0.165. The Morgan fingerprint density at radius 2 is 1.90 bits per heavy atom. The summed E-state index contributed by atoms with van der Waals surface area (Å²) >= 11 is 0. The molecule has 4 N–H and O–H groups in total. The summed E-state index contributed by atoms with van der Waals surface area (Å²) in [4.78, 5) is 14.9. The van der Waals surface area contributed by atoms with Gasteiger partial charge in [0, 0.05) is 31.7 Å². The van der Waals surface area contributed by atoms with E-state index >= 15 is 0 Å². The van der Waals surface area contributed by atoms with Gasteiger partial charge in [-0.15, -0.1) is 0 Å². The van der Waals surface area contributed by atoms with Gasteiger partial charge in [-0.05, 0) is 32.4 Å². The molecule has 2 unspecified atom stereocenters. The molecular weight excluding hydrogens is 383 g/mol. The largest absolute Gasteiger partial charge is 0.444 e. The maximum Gasteiger partial charge on any atom is 0.411 e. The van der Waals surface area contributed by atoms with Gasteiger partial charge in [0.2, 0.25) is 0 Å². The summed E-state index contributed by atoms with van der Waals surface area (Å²) in [6.45, 7) is 6.98.